The van der Waals surface area contributed by atoms with Crippen LogP contribution in [0.15, 0.2) is 0 Å². The second-order valence-corrected chi connectivity index (χ2v) is 5.10. The van der Waals surface area contributed by atoms with Crippen LogP contribution in [0.3, 0.4) is 0 Å². The molecule has 1 rings (SSSR count). The van der Waals surface area contributed by atoms with Crippen LogP contribution in [-0.2, 0) is 33.3 Å². The van der Waals surface area contributed by atoms with Crippen molar-refractivity contribution in [2.24, 2.45) is 5.92 Å². The van der Waals surface area contributed by atoms with E-state index in [4.69, 9.17) is 25.8 Å². The third-order valence-electron chi connectivity index (χ3n) is 2.72. The number of hydrogen-bond acceptors (Lipinski definition) is 7. The van der Waals surface area contributed by atoms with Gasteiger partial charge >= 0.3 is 23.3 Å². The lowest BCUT2D eigenvalue weighted by Crippen LogP contribution is -2.58. The minimum Gasteiger partial charge on any atom is -0.458 e. The molecule has 1 heterocycles. The van der Waals surface area contributed by atoms with Crippen molar-refractivity contribution in [2.75, 3.05) is 6.61 Å². The maximum absolute atomic E-state index is 13.7. The van der Waals surface area contributed by atoms with Gasteiger partial charge in [0.25, 0.3) is 0 Å². The molecule has 22 heavy (non-hydrogen) atoms. The minimum atomic E-state index is -3.95. The van der Waals surface area contributed by atoms with Crippen molar-refractivity contribution in [3.63, 3.8) is 0 Å². The van der Waals surface area contributed by atoms with Gasteiger partial charge in [0, 0.05) is 20.8 Å². The van der Waals surface area contributed by atoms with Crippen molar-refractivity contribution >= 4 is 29.5 Å². The SMILES string of the molecule is CC(=O)O[C@H]1OC[C@@H](OC(C)=O)[C@H](OC(C)=O)[C@H]1C(F)(F)Cl. The van der Waals surface area contributed by atoms with Gasteiger partial charge in [0.15, 0.2) is 12.2 Å². The highest BCUT2D eigenvalue weighted by atomic mass is 35.5. The van der Waals surface area contributed by atoms with E-state index in [1.165, 1.54) is 0 Å². The Morgan fingerprint density at radius 1 is 1.05 bits per heavy atom. The van der Waals surface area contributed by atoms with Crippen LogP contribution in [0.25, 0.3) is 0 Å². The second-order valence-electron chi connectivity index (χ2n) is 4.60. The van der Waals surface area contributed by atoms with Gasteiger partial charge in [-0.05, 0) is 11.6 Å². The Hall–Kier alpha value is -1.48. The van der Waals surface area contributed by atoms with Crippen LogP contribution in [0.1, 0.15) is 20.8 Å². The van der Waals surface area contributed by atoms with Crippen molar-refractivity contribution in [1.82, 2.24) is 0 Å². The first kappa shape index (κ1) is 18.6. The Labute approximate surface area is 129 Å². The second kappa shape index (κ2) is 7.19. The van der Waals surface area contributed by atoms with Gasteiger partial charge in [0.1, 0.15) is 5.92 Å². The summed E-state index contributed by atoms with van der Waals surface area (Å²) < 4.78 is 46.6. The number of rotatable bonds is 4. The third kappa shape index (κ3) is 5.06. The molecule has 1 aliphatic heterocycles. The molecule has 1 aliphatic rings. The van der Waals surface area contributed by atoms with E-state index >= 15 is 0 Å². The van der Waals surface area contributed by atoms with Crippen molar-refractivity contribution in [2.45, 2.75) is 44.7 Å². The Morgan fingerprint density at radius 3 is 1.95 bits per heavy atom. The van der Waals surface area contributed by atoms with Gasteiger partial charge in [-0.15, -0.1) is 0 Å². The highest BCUT2D eigenvalue weighted by molar-refractivity contribution is 6.22. The number of carbonyl (C=O) groups is 3. The topological polar surface area (TPSA) is 88.1 Å². The van der Waals surface area contributed by atoms with Crippen LogP contribution in [0.4, 0.5) is 8.78 Å². The molecule has 0 aromatic rings. The van der Waals surface area contributed by atoms with Crippen LogP contribution in [0, 0.1) is 5.92 Å². The molecule has 0 aliphatic carbocycles. The number of hydrogen-bond donors (Lipinski definition) is 0. The predicted octanol–water partition coefficient (Wildman–Crippen LogP) is 1.22. The molecule has 0 aromatic carbocycles. The van der Waals surface area contributed by atoms with Gasteiger partial charge in [-0.25, -0.2) is 0 Å². The monoisotopic (exact) mass is 344 g/mol. The molecule has 0 unspecified atom stereocenters. The predicted molar refractivity (Wildman–Crippen MR) is 66.9 cm³/mol. The summed E-state index contributed by atoms with van der Waals surface area (Å²) in [6.45, 7) is 2.63. The highest BCUT2D eigenvalue weighted by Gasteiger charge is 2.57. The lowest BCUT2D eigenvalue weighted by atomic mass is 9.94. The first-order valence-electron chi connectivity index (χ1n) is 6.22. The van der Waals surface area contributed by atoms with Crippen LogP contribution in [0.2, 0.25) is 0 Å². The molecule has 10 heteroatoms. The zero-order valence-corrected chi connectivity index (χ0v) is 12.8. The van der Waals surface area contributed by atoms with Gasteiger partial charge in [-0.1, -0.05) is 0 Å². The fourth-order valence-electron chi connectivity index (χ4n) is 2.04. The van der Waals surface area contributed by atoms with E-state index in [1.54, 1.807) is 0 Å². The van der Waals surface area contributed by atoms with E-state index in [0.29, 0.717) is 0 Å². The average Bonchev–Trinajstić information content (AvgIpc) is 2.28. The van der Waals surface area contributed by atoms with Crippen molar-refractivity contribution in [1.29, 1.82) is 0 Å². The summed E-state index contributed by atoms with van der Waals surface area (Å²) in [5.41, 5.74) is 0. The maximum atomic E-state index is 13.7. The van der Waals surface area contributed by atoms with E-state index in [0.717, 1.165) is 20.8 Å². The summed E-state index contributed by atoms with van der Waals surface area (Å²) >= 11 is 5.03. The molecule has 1 saturated heterocycles. The zero-order chi connectivity index (χ0) is 17.1. The first-order valence-corrected chi connectivity index (χ1v) is 6.60. The van der Waals surface area contributed by atoms with Gasteiger partial charge in [-0.2, -0.15) is 8.78 Å². The number of ether oxygens (including phenoxy) is 4. The summed E-state index contributed by atoms with van der Waals surface area (Å²) in [5, 5.41) is -3.95. The van der Waals surface area contributed by atoms with Gasteiger partial charge in [0.05, 0.1) is 6.61 Å². The van der Waals surface area contributed by atoms with Gasteiger partial charge < -0.3 is 18.9 Å². The van der Waals surface area contributed by atoms with Crippen molar-refractivity contribution in [3.05, 3.63) is 0 Å². The lowest BCUT2D eigenvalue weighted by molar-refractivity contribution is -0.277. The number of halogens is 3. The van der Waals surface area contributed by atoms with Crippen LogP contribution >= 0.6 is 11.6 Å². The fraction of sp³-hybridized carbons (Fsp3) is 0.750. The highest BCUT2D eigenvalue weighted by Crippen LogP contribution is 2.41. The molecule has 126 valence electrons. The van der Waals surface area contributed by atoms with E-state index in [2.05, 4.69) is 4.74 Å². The molecule has 0 amide bonds. The average molecular weight is 345 g/mol. The molecular formula is C12H15ClF2O7. The molecule has 1 fully saturated rings. The molecule has 0 aromatic heterocycles. The molecule has 0 bridgehead atoms. The molecule has 0 radical (unpaired) electrons. The van der Waals surface area contributed by atoms with Gasteiger partial charge in [0.2, 0.25) is 6.29 Å². The minimum absolute atomic E-state index is 0.404. The summed E-state index contributed by atoms with van der Waals surface area (Å²) in [6.07, 6.45) is -4.68. The standard InChI is InChI=1S/C12H15ClF2O7/c1-5(16)20-8-4-19-11(22-7(3)18)9(12(13,14)15)10(8)21-6(2)17/h8-11H,4H2,1-3H3/t8-,9-,10+,11-/m1/s1. The third-order valence-corrected chi connectivity index (χ3v) is 2.97. The molecule has 7 nitrogen and oxygen atoms in total. The van der Waals surface area contributed by atoms with E-state index in [-0.39, 0.29) is 0 Å². The van der Waals surface area contributed by atoms with Gasteiger partial charge in [-0.3, -0.25) is 14.4 Å². The summed E-state index contributed by atoms with van der Waals surface area (Å²) in [5.74, 6) is -4.60. The maximum Gasteiger partial charge on any atom is 0.334 e. The lowest BCUT2D eigenvalue weighted by Gasteiger charge is -2.41. The smallest absolute Gasteiger partial charge is 0.334 e. The Bertz CT molecular complexity index is 451. The molecule has 4 atom stereocenters. The molecule has 0 N–H and O–H groups in total. The van der Waals surface area contributed by atoms with E-state index in [9.17, 15) is 23.2 Å². The zero-order valence-electron chi connectivity index (χ0n) is 12.0. The number of esters is 3. The quantitative estimate of drug-likeness (QED) is 0.430. The summed E-state index contributed by atoms with van der Waals surface area (Å²) in [7, 11) is 0. The van der Waals surface area contributed by atoms with Crippen LogP contribution < -0.4 is 0 Å². The summed E-state index contributed by atoms with van der Waals surface area (Å²) in [4.78, 5) is 33.2. The fourth-order valence-corrected chi connectivity index (χ4v) is 2.27. The number of alkyl halides is 3. The van der Waals surface area contributed by atoms with Crippen LogP contribution in [0.5, 0.6) is 0 Å². The summed E-state index contributed by atoms with van der Waals surface area (Å²) in [6, 6.07) is 0. The molecule has 0 spiro atoms. The van der Waals surface area contributed by atoms with Crippen molar-refractivity contribution in [3.8, 4) is 0 Å². The Morgan fingerprint density at radius 2 is 1.55 bits per heavy atom. The molecular weight excluding hydrogens is 330 g/mol. The largest absolute Gasteiger partial charge is 0.458 e. The van der Waals surface area contributed by atoms with E-state index in [1.807, 2.05) is 0 Å². The first-order chi connectivity index (χ1) is 10.0. The normalized spacial score (nSPS) is 28.6. The van der Waals surface area contributed by atoms with E-state index < -0.39 is 54.3 Å². The molecule has 0 saturated carbocycles. The van der Waals surface area contributed by atoms with Crippen molar-refractivity contribution < 1.29 is 42.1 Å². The Balaban J connectivity index is 3.13. The Kier molecular flexibility index (Phi) is 6.07. The number of carbonyl (C=O) groups excluding carboxylic acids is 3. The van der Waals surface area contributed by atoms with Crippen LogP contribution in [-0.4, -0.2) is 48.4 Å².